The topological polar surface area (TPSA) is 66.8 Å². The lowest BCUT2D eigenvalue weighted by atomic mass is 9.68. The predicted molar refractivity (Wildman–Crippen MR) is 198 cm³/mol. The number of piperidine rings is 1. The minimum Gasteiger partial charge on any atom is -0.480 e. The number of carboxylic acid groups (broad SMARTS) is 1. The second-order valence-electron chi connectivity index (χ2n) is 14.4. The molecule has 0 radical (unpaired) electrons. The molecule has 4 aromatic carbocycles. The third-order valence-corrected chi connectivity index (χ3v) is 15.6. The minimum absolute atomic E-state index is 0.131. The van der Waals surface area contributed by atoms with Crippen molar-refractivity contribution < 1.29 is 19.1 Å². The molecule has 1 saturated heterocycles. The summed E-state index contributed by atoms with van der Waals surface area (Å²) in [4.78, 5) is 29.3. The second kappa shape index (κ2) is 14.2. The lowest BCUT2D eigenvalue weighted by Gasteiger charge is -2.51. The van der Waals surface area contributed by atoms with Crippen molar-refractivity contribution >= 4 is 53.8 Å². The molecule has 5 nitrogen and oxygen atoms in total. The van der Waals surface area contributed by atoms with Gasteiger partial charge < -0.3 is 14.4 Å². The van der Waals surface area contributed by atoms with E-state index < -0.39 is 31.7 Å². The van der Waals surface area contributed by atoms with Crippen molar-refractivity contribution in [3.8, 4) is 0 Å². The summed E-state index contributed by atoms with van der Waals surface area (Å²) in [7, 11) is -2.88. The molecule has 0 saturated carbocycles. The van der Waals surface area contributed by atoms with Gasteiger partial charge >= 0.3 is 5.97 Å². The van der Waals surface area contributed by atoms with Gasteiger partial charge in [-0.2, -0.15) is 0 Å². The van der Waals surface area contributed by atoms with E-state index in [1.165, 1.54) is 10.4 Å². The third kappa shape index (κ3) is 6.86. The molecule has 0 aliphatic carbocycles. The smallest absolute Gasteiger partial charge is 0.318 e. The van der Waals surface area contributed by atoms with Crippen molar-refractivity contribution in [2.75, 3.05) is 0 Å². The molecule has 252 valence electrons. The van der Waals surface area contributed by atoms with E-state index in [-0.39, 0.29) is 29.5 Å². The molecule has 48 heavy (non-hydrogen) atoms. The molecule has 1 heterocycles. The van der Waals surface area contributed by atoms with E-state index >= 15 is 0 Å². The Morgan fingerprint density at radius 2 is 1.44 bits per heavy atom. The fraction of sp³-hybridized carbons (Fsp3) is 0.350. The summed E-state index contributed by atoms with van der Waals surface area (Å²) in [6, 6.07) is 35.2. The van der Waals surface area contributed by atoms with Gasteiger partial charge in [-0.15, -0.1) is 0 Å². The van der Waals surface area contributed by atoms with E-state index in [1.807, 2.05) is 61.5 Å². The Hall–Kier alpha value is -3.42. The quantitative estimate of drug-likeness (QED) is 0.133. The molecule has 0 bridgehead atoms. The molecular formula is C40H45Cl2NO4Si. The Bertz CT molecular complexity index is 1690. The number of likely N-dealkylation sites (tertiary alicyclic amines) is 1. The van der Waals surface area contributed by atoms with Crippen molar-refractivity contribution in [2.24, 2.45) is 5.41 Å². The summed E-state index contributed by atoms with van der Waals surface area (Å²) in [5, 5.41) is 13.8. The number of aliphatic carboxylic acids is 1. The van der Waals surface area contributed by atoms with E-state index in [0.29, 0.717) is 16.5 Å². The zero-order chi connectivity index (χ0) is 34.9. The Kier molecular flexibility index (Phi) is 10.6. The van der Waals surface area contributed by atoms with Gasteiger partial charge in [-0.25, -0.2) is 0 Å². The first-order valence-electron chi connectivity index (χ1n) is 16.5. The minimum atomic E-state index is -2.88. The van der Waals surface area contributed by atoms with Gasteiger partial charge in [-0.1, -0.05) is 129 Å². The van der Waals surface area contributed by atoms with Crippen LogP contribution in [0.15, 0.2) is 109 Å². The Morgan fingerprint density at radius 1 is 0.875 bits per heavy atom. The Morgan fingerprint density at radius 3 is 1.94 bits per heavy atom. The standard InChI is InChI=1S/C40H45Cl2NO4Si/c1-27(24-28(2)47-48(39(3,4)5,33-16-9-7-10-17-33)34-18-11-8-12-19-34)43-36(29-20-22-31(41)23-21-29)35(30-14-13-15-32(42)25-30)26-40(6,37(43)44)38(45)46/h7-23,25,27-28,35-36H,24,26H2,1-6H3,(H,45,46)/t27?,28-,35?,36?,40?/m0/s1. The first-order valence-corrected chi connectivity index (χ1v) is 19.2. The summed E-state index contributed by atoms with van der Waals surface area (Å²) in [6.07, 6.45) is 0.359. The van der Waals surface area contributed by atoms with Crippen LogP contribution < -0.4 is 10.4 Å². The van der Waals surface area contributed by atoms with Crippen molar-refractivity contribution in [3.63, 3.8) is 0 Å². The molecule has 1 amide bonds. The molecule has 0 aromatic heterocycles. The zero-order valence-electron chi connectivity index (χ0n) is 28.5. The third-order valence-electron chi connectivity index (χ3n) is 9.92. The first kappa shape index (κ1) is 35.9. The summed E-state index contributed by atoms with van der Waals surface area (Å²) in [5.41, 5.74) is 0.139. The highest BCUT2D eigenvalue weighted by Crippen LogP contribution is 2.51. The second-order valence-corrected chi connectivity index (χ2v) is 19.5. The Balaban J connectivity index is 1.59. The summed E-state index contributed by atoms with van der Waals surface area (Å²) >= 11 is 12.8. The van der Waals surface area contributed by atoms with Crippen LogP contribution in [0.2, 0.25) is 15.1 Å². The molecule has 1 aliphatic heterocycles. The number of hydrogen-bond donors (Lipinski definition) is 1. The van der Waals surface area contributed by atoms with Crippen LogP contribution in [0.1, 0.15) is 77.5 Å². The molecule has 0 spiro atoms. The first-order chi connectivity index (χ1) is 22.7. The highest BCUT2D eigenvalue weighted by Gasteiger charge is 2.56. The lowest BCUT2D eigenvalue weighted by Crippen LogP contribution is -2.67. The number of amides is 1. The number of benzene rings is 4. The maximum atomic E-state index is 14.6. The highest BCUT2D eigenvalue weighted by molar-refractivity contribution is 6.99. The van der Waals surface area contributed by atoms with Gasteiger partial charge in [-0.05, 0) is 84.4 Å². The molecule has 8 heteroatoms. The molecule has 5 rings (SSSR count). The number of nitrogens with zero attached hydrogens (tertiary/aromatic N) is 1. The van der Waals surface area contributed by atoms with Crippen molar-refractivity contribution in [1.82, 2.24) is 4.90 Å². The number of carbonyl (C=O) groups excluding carboxylic acids is 1. The zero-order valence-corrected chi connectivity index (χ0v) is 31.0. The van der Waals surface area contributed by atoms with Crippen LogP contribution >= 0.6 is 23.2 Å². The normalized spacial score (nSPS) is 21.5. The van der Waals surface area contributed by atoms with Crippen LogP contribution in [0.4, 0.5) is 0 Å². The number of rotatable bonds is 10. The van der Waals surface area contributed by atoms with Gasteiger partial charge in [0.25, 0.3) is 8.32 Å². The van der Waals surface area contributed by atoms with Crippen LogP contribution in [-0.4, -0.2) is 42.3 Å². The number of carbonyl (C=O) groups is 2. The van der Waals surface area contributed by atoms with Gasteiger partial charge in [0.05, 0.1) is 6.04 Å². The average molecular weight is 703 g/mol. The summed E-state index contributed by atoms with van der Waals surface area (Å²) in [6.45, 7) is 12.4. The molecule has 5 atom stereocenters. The van der Waals surface area contributed by atoms with Crippen molar-refractivity contribution in [3.05, 3.63) is 130 Å². The monoisotopic (exact) mass is 701 g/mol. The molecule has 4 aromatic rings. The van der Waals surface area contributed by atoms with Crippen LogP contribution in [0.5, 0.6) is 0 Å². The number of hydrogen-bond acceptors (Lipinski definition) is 3. The fourth-order valence-corrected chi connectivity index (χ4v) is 12.7. The molecule has 1 fully saturated rings. The van der Waals surface area contributed by atoms with Gasteiger partial charge in [0, 0.05) is 28.1 Å². The lowest BCUT2D eigenvalue weighted by molar-refractivity contribution is -0.169. The van der Waals surface area contributed by atoms with E-state index in [9.17, 15) is 14.7 Å². The van der Waals surface area contributed by atoms with Gasteiger partial charge in [0.2, 0.25) is 5.91 Å². The summed E-state index contributed by atoms with van der Waals surface area (Å²) < 4.78 is 7.40. The van der Waals surface area contributed by atoms with Gasteiger partial charge in [-0.3, -0.25) is 9.59 Å². The summed E-state index contributed by atoms with van der Waals surface area (Å²) in [5.74, 6) is -1.87. The number of halogens is 2. The van der Waals surface area contributed by atoms with E-state index in [1.54, 1.807) is 17.9 Å². The maximum absolute atomic E-state index is 14.6. The molecular weight excluding hydrogens is 657 g/mol. The fourth-order valence-electron chi connectivity index (χ4n) is 7.62. The van der Waals surface area contributed by atoms with Gasteiger partial charge in [0.15, 0.2) is 0 Å². The van der Waals surface area contributed by atoms with Gasteiger partial charge in [0.1, 0.15) is 5.41 Å². The number of carboxylic acids is 1. The van der Waals surface area contributed by atoms with E-state index in [2.05, 4.69) is 76.2 Å². The van der Waals surface area contributed by atoms with Crippen LogP contribution in [0.3, 0.4) is 0 Å². The van der Waals surface area contributed by atoms with E-state index in [4.69, 9.17) is 27.6 Å². The maximum Gasteiger partial charge on any atom is 0.318 e. The SMILES string of the molecule is CC(C[C@H](C)O[Si](c1ccccc1)(c1ccccc1)C(C)(C)C)N1C(=O)C(C)(C(=O)O)CC(c2cccc(Cl)c2)C1c1ccc(Cl)cc1. The van der Waals surface area contributed by atoms with Crippen molar-refractivity contribution in [1.29, 1.82) is 0 Å². The van der Waals surface area contributed by atoms with E-state index in [0.717, 1.165) is 11.1 Å². The Labute approximate surface area is 296 Å². The average Bonchev–Trinajstić information content (AvgIpc) is 3.05. The van der Waals surface area contributed by atoms with Crippen LogP contribution in [-0.2, 0) is 14.0 Å². The van der Waals surface area contributed by atoms with Crippen LogP contribution in [0, 0.1) is 5.41 Å². The van der Waals surface area contributed by atoms with Crippen LogP contribution in [0.25, 0.3) is 0 Å². The predicted octanol–water partition coefficient (Wildman–Crippen LogP) is 8.89. The molecule has 1 N–H and O–H groups in total. The largest absolute Gasteiger partial charge is 0.480 e. The van der Waals surface area contributed by atoms with Crippen molar-refractivity contribution in [2.45, 2.75) is 83.5 Å². The molecule has 4 unspecified atom stereocenters. The highest BCUT2D eigenvalue weighted by atomic mass is 35.5. The molecule has 1 aliphatic rings.